The Hall–Kier alpha value is -1.98. The van der Waals surface area contributed by atoms with Gasteiger partial charge in [0, 0.05) is 31.2 Å². The van der Waals surface area contributed by atoms with Gasteiger partial charge in [0.2, 0.25) is 0 Å². The number of hydrogen-bond donors (Lipinski definition) is 1. The van der Waals surface area contributed by atoms with Gasteiger partial charge in [-0.1, -0.05) is 6.07 Å². The number of piperidine rings is 1. The lowest BCUT2D eigenvalue weighted by Crippen LogP contribution is -2.47. The predicted octanol–water partition coefficient (Wildman–Crippen LogP) is 3.02. The first-order valence-electron chi connectivity index (χ1n) is 9.16. The number of hydrogen-bond acceptors (Lipinski definition) is 5. The number of nitrogens with zero attached hydrogens (tertiary/aromatic N) is 3. The molecule has 2 aliphatic heterocycles. The quantitative estimate of drug-likeness (QED) is 0.929. The van der Waals surface area contributed by atoms with E-state index in [1.165, 1.54) is 6.42 Å². The topological polar surface area (TPSA) is 50.3 Å². The minimum atomic E-state index is -0.0120. The van der Waals surface area contributed by atoms with Crippen molar-refractivity contribution in [3.8, 4) is 0 Å². The Morgan fingerprint density at radius 1 is 1.32 bits per heavy atom. The third-order valence-electron chi connectivity index (χ3n) is 5.19. The van der Waals surface area contributed by atoms with E-state index in [1.54, 1.807) is 6.20 Å². The van der Waals surface area contributed by atoms with Crippen LogP contribution in [0.3, 0.4) is 0 Å². The Labute approximate surface area is 149 Å². The van der Waals surface area contributed by atoms with Gasteiger partial charge in [-0.2, -0.15) is 0 Å². The Morgan fingerprint density at radius 3 is 3.12 bits per heavy atom. The summed E-state index contributed by atoms with van der Waals surface area (Å²) in [4.78, 5) is 11.3. The third-order valence-corrected chi connectivity index (χ3v) is 5.19. The molecule has 2 atom stereocenters. The van der Waals surface area contributed by atoms with E-state index >= 15 is 0 Å². The van der Waals surface area contributed by atoms with Gasteiger partial charge in [-0.3, -0.25) is 14.9 Å². The molecule has 0 aromatic carbocycles. The fourth-order valence-electron chi connectivity index (χ4n) is 4.15. The lowest BCUT2D eigenvalue weighted by molar-refractivity contribution is -0.0535. The predicted molar refractivity (Wildman–Crippen MR) is 98.4 cm³/mol. The molecular weight excluding hydrogens is 312 g/mol. The zero-order valence-corrected chi connectivity index (χ0v) is 14.8. The maximum Gasteiger partial charge on any atom is 0.0830 e. The van der Waals surface area contributed by atoms with Gasteiger partial charge in [-0.25, -0.2) is 0 Å². The summed E-state index contributed by atoms with van der Waals surface area (Å²) in [7, 11) is 0. The molecule has 1 N–H and O–H groups in total. The molecular formula is C20H26N4O. The van der Waals surface area contributed by atoms with E-state index in [1.807, 2.05) is 12.3 Å². The molecule has 0 bridgehead atoms. The number of ether oxygens (including phenoxy) is 1. The highest BCUT2D eigenvalue weighted by atomic mass is 16.5. The first kappa shape index (κ1) is 16.5. The van der Waals surface area contributed by atoms with Crippen LogP contribution < -0.4 is 5.32 Å². The largest absolute Gasteiger partial charge is 0.379 e. The Balaban J connectivity index is 1.37. The van der Waals surface area contributed by atoms with Gasteiger partial charge in [0.1, 0.15) is 0 Å². The highest BCUT2D eigenvalue weighted by Crippen LogP contribution is 2.36. The number of pyridine rings is 2. The van der Waals surface area contributed by atoms with Gasteiger partial charge in [0.05, 0.1) is 29.6 Å². The monoisotopic (exact) mass is 338 g/mol. The van der Waals surface area contributed by atoms with Crippen molar-refractivity contribution in [1.29, 1.82) is 0 Å². The Morgan fingerprint density at radius 2 is 2.28 bits per heavy atom. The zero-order chi connectivity index (χ0) is 17.1. The van der Waals surface area contributed by atoms with Crippen LogP contribution in [0.1, 0.15) is 30.7 Å². The second kappa shape index (κ2) is 7.10. The van der Waals surface area contributed by atoms with E-state index in [0.717, 1.165) is 56.2 Å². The van der Waals surface area contributed by atoms with Crippen LogP contribution in [0.2, 0.25) is 0 Å². The van der Waals surface area contributed by atoms with Crippen LogP contribution in [0.4, 0.5) is 5.69 Å². The molecule has 0 radical (unpaired) electrons. The molecule has 5 nitrogen and oxygen atoms in total. The fraction of sp³-hybridized carbons (Fsp3) is 0.500. The van der Waals surface area contributed by atoms with Gasteiger partial charge in [-0.15, -0.1) is 0 Å². The van der Waals surface area contributed by atoms with Crippen molar-refractivity contribution < 1.29 is 4.74 Å². The van der Waals surface area contributed by atoms with E-state index in [9.17, 15) is 0 Å². The molecule has 0 saturated carbocycles. The molecule has 0 aliphatic carbocycles. The molecule has 0 unspecified atom stereocenters. The van der Waals surface area contributed by atoms with Crippen molar-refractivity contribution in [2.75, 3.05) is 25.0 Å². The second-order valence-corrected chi connectivity index (χ2v) is 7.37. The smallest absolute Gasteiger partial charge is 0.0830 e. The van der Waals surface area contributed by atoms with E-state index in [0.29, 0.717) is 6.04 Å². The number of rotatable bonds is 4. The molecule has 4 heterocycles. The van der Waals surface area contributed by atoms with Crippen LogP contribution in [0.5, 0.6) is 0 Å². The number of aryl methyl sites for hydroxylation is 1. The molecule has 4 rings (SSSR count). The maximum atomic E-state index is 6.31. The summed E-state index contributed by atoms with van der Waals surface area (Å²) in [5.41, 5.74) is 3.30. The Kier molecular flexibility index (Phi) is 4.68. The molecule has 25 heavy (non-hydrogen) atoms. The first-order chi connectivity index (χ1) is 12.2. The van der Waals surface area contributed by atoms with E-state index in [-0.39, 0.29) is 5.60 Å². The maximum absolute atomic E-state index is 6.31. The molecule has 1 spiro atoms. The van der Waals surface area contributed by atoms with Crippen LogP contribution in [-0.4, -0.2) is 46.2 Å². The van der Waals surface area contributed by atoms with Gasteiger partial charge in [0.25, 0.3) is 0 Å². The van der Waals surface area contributed by atoms with Crippen molar-refractivity contribution in [2.45, 2.75) is 44.4 Å². The Bertz CT molecular complexity index is 708. The van der Waals surface area contributed by atoms with Crippen LogP contribution in [0, 0.1) is 6.92 Å². The summed E-state index contributed by atoms with van der Waals surface area (Å²) in [6, 6.07) is 10.7. The molecule has 5 heteroatoms. The summed E-state index contributed by atoms with van der Waals surface area (Å²) >= 11 is 0. The van der Waals surface area contributed by atoms with Gasteiger partial charge in [0.15, 0.2) is 0 Å². The molecule has 2 aromatic heterocycles. The summed E-state index contributed by atoms with van der Waals surface area (Å²) in [6.45, 7) is 5.85. The highest BCUT2D eigenvalue weighted by molar-refractivity contribution is 5.41. The van der Waals surface area contributed by atoms with Crippen LogP contribution in [-0.2, 0) is 11.3 Å². The molecule has 2 aliphatic rings. The zero-order valence-electron chi connectivity index (χ0n) is 14.8. The first-order valence-corrected chi connectivity index (χ1v) is 9.16. The van der Waals surface area contributed by atoms with Crippen LogP contribution in [0.15, 0.2) is 42.7 Å². The normalized spacial score (nSPS) is 26.8. The fourth-order valence-corrected chi connectivity index (χ4v) is 4.15. The molecule has 2 fully saturated rings. The SMILES string of the molecule is Cc1cccc(CN2CCC[C@@]3(C[C@H](Nc4cccnc4)CO3)C2)n1. The minimum absolute atomic E-state index is 0.0120. The van der Waals surface area contributed by atoms with E-state index in [2.05, 4.69) is 51.4 Å². The van der Waals surface area contributed by atoms with Crippen molar-refractivity contribution in [1.82, 2.24) is 14.9 Å². The number of aromatic nitrogens is 2. The van der Waals surface area contributed by atoms with Gasteiger partial charge < -0.3 is 10.1 Å². The minimum Gasteiger partial charge on any atom is -0.379 e. The number of nitrogens with one attached hydrogen (secondary N) is 1. The van der Waals surface area contributed by atoms with Crippen molar-refractivity contribution in [3.63, 3.8) is 0 Å². The standard InChI is InChI=1S/C20H26N4O/c1-16-5-2-6-18(22-16)13-24-10-4-8-20(15-24)11-19(14-25-20)23-17-7-3-9-21-12-17/h2-3,5-7,9,12,19,23H,4,8,10-11,13-15H2,1H3/t19-,20+/m0/s1. The van der Waals surface area contributed by atoms with Gasteiger partial charge in [-0.05, 0) is 57.0 Å². The van der Waals surface area contributed by atoms with Crippen LogP contribution in [0.25, 0.3) is 0 Å². The van der Waals surface area contributed by atoms with Crippen molar-refractivity contribution in [3.05, 3.63) is 54.1 Å². The van der Waals surface area contributed by atoms with Gasteiger partial charge >= 0.3 is 0 Å². The summed E-state index contributed by atoms with van der Waals surface area (Å²) in [6.07, 6.45) is 7.07. The molecule has 132 valence electrons. The average Bonchev–Trinajstić information content (AvgIpc) is 2.97. The second-order valence-electron chi connectivity index (χ2n) is 7.37. The van der Waals surface area contributed by atoms with Crippen LogP contribution >= 0.6 is 0 Å². The molecule has 0 amide bonds. The molecule has 2 aromatic rings. The molecule has 2 saturated heterocycles. The van der Waals surface area contributed by atoms with E-state index < -0.39 is 0 Å². The summed E-state index contributed by atoms with van der Waals surface area (Å²) in [5, 5.41) is 3.57. The lowest BCUT2D eigenvalue weighted by Gasteiger charge is -2.39. The lowest BCUT2D eigenvalue weighted by atomic mass is 9.88. The summed E-state index contributed by atoms with van der Waals surface area (Å²) in [5.74, 6) is 0. The highest BCUT2D eigenvalue weighted by Gasteiger charge is 2.43. The number of likely N-dealkylation sites (tertiary alicyclic amines) is 1. The van der Waals surface area contributed by atoms with Crippen molar-refractivity contribution >= 4 is 5.69 Å². The van der Waals surface area contributed by atoms with Crippen molar-refractivity contribution in [2.24, 2.45) is 0 Å². The number of anilines is 1. The average molecular weight is 338 g/mol. The van der Waals surface area contributed by atoms with E-state index in [4.69, 9.17) is 4.74 Å². The third kappa shape index (κ3) is 3.99. The summed E-state index contributed by atoms with van der Waals surface area (Å²) < 4.78 is 6.31.